The Morgan fingerprint density at radius 1 is 1.05 bits per heavy atom. The van der Waals surface area contributed by atoms with Gasteiger partial charge in [0.15, 0.2) is 0 Å². The summed E-state index contributed by atoms with van der Waals surface area (Å²) in [5.41, 5.74) is -2.11. The Morgan fingerprint density at radius 2 is 1.58 bits per heavy atom. The van der Waals surface area contributed by atoms with Crippen LogP contribution in [0.15, 0.2) is 23.1 Å². The van der Waals surface area contributed by atoms with Crippen LogP contribution in [0.4, 0.5) is 26.3 Å². The van der Waals surface area contributed by atoms with Gasteiger partial charge in [-0.15, -0.1) is 13.2 Å². The fraction of sp³-hybridized carbons (Fsp3) is 0.250. The second-order valence-corrected chi connectivity index (χ2v) is 5.65. The van der Waals surface area contributed by atoms with Crippen LogP contribution in [0.3, 0.4) is 0 Å². The second kappa shape index (κ2) is 4.75. The van der Waals surface area contributed by atoms with Gasteiger partial charge in [0.05, 0.1) is 4.90 Å². The largest absolute Gasteiger partial charge is 0.573 e. The number of benzene rings is 1. The van der Waals surface area contributed by atoms with Crippen molar-refractivity contribution in [3.8, 4) is 5.75 Å². The van der Waals surface area contributed by atoms with Crippen molar-refractivity contribution >= 4 is 19.7 Å². The molecule has 0 fully saturated rings. The second-order valence-electron chi connectivity index (χ2n) is 3.11. The molecule has 0 N–H and O–H groups in total. The predicted octanol–water partition coefficient (Wildman–Crippen LogP) is 3.53. The van der Waals surface area contributed by atoms with E-state index in [2.05, 4.69) is 4.74 Å². The zero-order chi connectivity index (χ0) is 15.1. The highest BCUT2D eigenvalue weighted by Gasteiger charge is 2.43. The summed E-state index contributed by atoms with van der Waals surface area (Å²) in [7, 11) is -0.141. The van der Waals surface area contributed by atoms with Crippen molar-refractivity contribution in [1.29, 1.82) is 0 Å². The molecule has 108 valence electrons. The molecule has 0 aliphatic carbocycles. The fourth-order valence-corrected chi connectivity index (χ4v) is 2.29. The molecule has 0 bridgehead atoms. The Labute approximate surface area is 107 Å². The van der Waals surface area contributed by atoms with E-state index in [-0.39, 0.29) is 0 Å². The predicted molar refractivity (Wildman–Crippen MR) is 51.2 cm³/mol. The number of alkyl halides is 6. The van der Waals surface area contributed by atoms with Crippen LogP contribution in [0.5, 0.6) is 5.75 Å². The normalized spacial score (nSPS) is 13.4. The van der Waals surface area contributed by atoms with Crippen LogP contribution in [-0.4, -0.2) is 14.8 Å². The number of ether oxygens (including phenoxy) is 1. The van der Waals surface area contributed by atoms with Gasteiger partial charge in [-0.2, -0.15) is 13.2 Å². The minimum absolute atomic E-state index is 0.335. The monoisotopic (exact) mass is 328 g/mol. The van der Waals surface area contributed by atoms with E-state index in [1.807, 2.05) is 0 Å². The molecule has 19 heavy (non-hydrogen) atoms. The highest BCUT2D eigenvalue weighted by Crippen LogP contribution is 2.42. The zero-order valence-corrected chi connectivity index (χ0v) is 10.1. The van der Waals surface area contributed by atoms with Gasteiger partial charge in [-0.3, -0.25) is 0 Å². The maximum Gasteiger partial charge on any atom is 0.573 e. The molecule has 0 heterocycles. The van der Waals surface area contributed by atoms with E-state index in [4.69, 9.17) is 10.7 Å². The van der Waals surface area contributed by atoms with E-state index >= 15 is 0 Å². The zero-order valence-electron chi connectivity index (χ0n) is 8.51. The number of halogens is 7. The van der Waals surface area contributed by atoms with Crippen molar-refractivity contribution in [2.75, 3.05) is 0 Å². The molecule has 0 unspecified atom stereocenters. The molecule has 3 nitrogen and oxygen atoms in total. The van der Waals surface area contributed by atoms with Crippen LogP contribution >= 0.6 is 10.7 Å². The number of rotatable bonds is 2. The summed E-state index contributed by atoms with van der Waals surface area (Å²) in [6, 6.07) is 1.40. The van der Waals surface area contributed by atoms with Crippen molar-refractivity contribution in [3.63, 3.8) is 0 Å². The topological polar surface area (TPSA) is 43.4 Å². The van der Waals surface area contributed by atoms with Crippen molar-refractivity contribution in [1.82, 2.24) is 0 Å². The van der Waals surface area contributed by atoms with E-state index in [0.29, 0.717) is 18.2 Å². The average molecular weight is 329 g/mol. The van der Waals surface area contributed by atoms with Gasteiger partial charge in [-0.05, 0) is 12.1 Å². The molecule has 0 aromatic heterocycles. The van der Waals surface area contributed by atoms with Crippen molar-refractivity contribution in [2.45, 2.75) is 17.4 Å². The average Bonchev–Trinajstić information content (AvgIpc) is 2.11. The van der Waals surface area contributed by atoms with Crippen LogP contribution in [-0.2, 0) is 15.2 Å². The van der Waals surface area contributed by atoms with Gasteiger partial charge in [0.1, 0.15) is 11.3 Å². The first-order valence-electron chi connectivity index (χ1n) is 4.23. The Kier molecular flexibility index (Phi) is 3.97. The van der Waals surface area contributed by atoms with E-state index in [1.165, 1.54) is 0 Å². The summed E-state index contributed by atoms with van der Waals surface area (Å²) in [5, 5.41) is 0. The Morgan fingerprint density at radius 3 is 1.95 bits per heavy atom. The smallest absolute Gasteiger partial charge is 0.405 e. The van der Waals surface area contributed by atoms with Gasteiger partial charge in [-0.25, -0.2) is 8.42 Å². The van der Waals surface area contributed by atoms with Gasteiger partial charge < -0.3 is 4.74 Å². The lowest BCUT2D eigenvalue weighted by Crippen LogP contribution is -2.21. The SMILES string of the molecule is O=S(=O)(Cl)c1cccc(OC(F)(F)F)c1C(F)(F)F. The van der Waals surface area contributed by atoms with Crippen LogP contribution in [0.1, 0.15) is 5.56 Å². The first-order chi connectivity index (χ1) is 8.32. The third-order valence-electron chi connectivity index (χ3n) is 1.76. The third kappa shape index (κ3) is 4.16. The van der Waals surface area contributed by atoms with E-state index in [0.717, 1.165) is 0 Å². The minimum Gasteiger partial charge on any atom is -0.405 e. The Hall–Kier alpha value is -1.16. The molecule has 0 aliphatic rings. The van der Waals surface area contributed by atoms with E-state index in [1.54, 1.807) is 0 Å². The lowest BCUT2D eigenvalue weighted by atomic mass is 10.2. The molecule has 0 atom stereocenters. The molecule has 0 aliphatic heterocycles. The van der Waals surface area contributed by atoms with Crippen LogP contribution in [0.2, 0.25) is 0 Å². The van der Waals surface area contributed by atoms with Gasteiger partial charge in [0, 0.05) is 10.7 Å². The molecule has 0 saturated carbocycles. The summed E-state index contributed by atoms with van der Waals surface area (Å²) < 4.78 is 98.9. The first-order valence-corrected chi connectivity index (χ1v) is 6.54. The van der Waals surface area contributed by atoms with E-state index in [9.17, 15) is 34.8 Å². The lowest BCUT2D eigenvalue weighted by molar-refractivity contribution is -0.276. The molecule has 1 aromatic carbocycles. The molecule has 1 aromatic rings. The van der Waals surface area contributed by atoms with Gasteiger partial charge in [-0.1, -0.05) is 6.07 Å². The molecule has 1 rings (SSSR count). The van der Waals surface area contributed by atoms with Crippen molar-refractivity contribution < 1.29 is 39.5 Å². The molecular weight excluding hydrogens is 326 g/mol. The molecule has 0 amide bonds. The number of hydrogen-bond acceptors (Lipinski definition) is 3. The molecule has 0 radical (unpaired) electrons. The summed E-state index contributed by atoms with van der Waals surface area (Å²) in [6.07, 6.45) is -10.8. The third-order valence-corrected chi connectivity index (χ3v) is 3.12. The van der Waals surface area contributed by atoms with Crippen LogP contribution in [0, 0.1) is 0 Å². The van der Waals surface area contributed by atoms with E-state index < -0.39 is 37.8 Å². The highest BCUT2D eigenvalue weighted by atomic mass is 35.7. The summed E-state index contributed by atoms with van der Waals surface area (Å²) in [6.45, 7) is 0. The molecular formula is C8H3ClF6O3S. The Bertz CT molecular complexity index is 577. The minimum atomic E-state index is -5.41. The highest BCUT2D eigenvalue weighted by molar-refractivity contribution is 8.13. The number of hydrogen-bond donors (Lipinski definition) is 0. The fourth-order valence-electron chi connectivity index (χ4n) is 1.20. The lowest BCUT2D eigenvalue weighted by Gasteiger charge is -2.17. The summed E-state index contributed by atoms with van der Waals surface area (Å²) in [5.74, 6) is -1.69. The molecule has 11 heteroatoms. The van der Waals surface area contributed by atoms with Crippen LogP contribution in [0.25, 0.3) is 0 Å². The van der Waals surface area contributed by atoms with Gasteiger partial charge >= 0.3 is 12.5 Å². The van der Waals surface area contributed by atoms with Crippen molar-refractivity contribution in [2.24, 2.45) is 0 Å². The summed E-state index contributed by atoms with van der Waals surface area (Å²) in [4.78, 5) is -1.51. The standard InChI is InChI=1S/C8H3ClF6O3S/c9-19(16,17)5-3-1-2-4(18-8(13,14)15)6(5)7(10,11)12/h1-3H. The quantitative estimate of drug-likeness (QED) is 0.616. The summed E-state index contributed by atoms with van der Waals surface area (Å²) >= 11 is 0. The van der Waals surface area contributed by atoms with Gasteiger partial charge in [0.25, 0.3) is 9.05 Å². The molecule has 0 saturated heterocycles. The molecule has 0 spiro atoms. The maximum atomic E-state index is 12.6. The van der Waals surface area contributed by atoms with Crippen LogP contribution < -0.4 is 4.74 Å². The van der Waals surface area contributed by atoms with Crippen molar-refractivity contribution in [3.05, 3.63) is 23.8 Å². The van der Waals surface area contributed by atoms with Gasteiger partial charge in [0.2, 0.25) is 0 Å². The first kappa shape index (κ1) is 15.9. The maximum absolute atomic E-state index is 12.6. The Balaban J connectivity index is 3.58.